The Balaban J connectivity index is 1.47. The van der Waals surface area contributed by atoms with Crippen molar-refractivity contribution in [1.82, 2.24) is 20.0 Å². The molecule has 0 spiro atoms. The van der Waals surface area contributed by atoms with E-state index >= 15 is 0 Å². The van der Waals surface area contributed by atoms with Crippen molar-refractivity contribution >= 4 is 50.9 Å². The number of aromatic amines is 1. The number of nitrogens with zero attached hydrogens (tertiary/aromatic N) is 4. The predicted octanol–water partition coefficient (Wildman–Crippen LogP) is 5.21. The maximum Gasteiger partial charge on any atom is 0.416 e. The van der Waals surface area contributed by atoms with E-state index in [1.807, 2.05) is 0 Å². The maximum atomic E-state index is 13.9. The number of β-amino-alcohol motifs (C(OH)–C–C–N with tert-alkyl or cyclic N) is 1. The fourth-order valence-electron chi connectivity index (χ4n) is 4.97. The molecule has 2 aliphatic heterocycles. The summed E-state index contributed by atoms with van der Waals surface area (Å²) in [7, 11) is 1.74. The number of aliphatic hydroxyl groups is 1. The largest absolute Gasteiger partial charge is 0.416 e. The van der Waals surface area contributed by atoms with Crippen molar-refractivity contribution in [2.75, 3.05) is 33.2 Å². The van der Waals surface area contributed by atoms with Gasteiger partial charge in [0.15, 0.2) is 5.17 Å². The molecule has 0 saturated carbocycles. The van der Waals surface area contributed by atoms with Crippen LogP contribution < -0.4 is 0 Å². The first-order valence-electron chi connectivity index (χ1n) is 12.5. The second kappa shape index (κ2) is 11.3. The first kappa shape index (κ1) is 27.7. The van der Waals surface area contributed by atoms with E-state index in [0.29, 0.717) is 22.8 Å². The van der Waals surface area contributed by atoms with Crippen molar-refractivity contribution in [1.29, 1.82) is 0 Å². The Morgan fingerprint density at radius 3 is 2.74 bits per heavy atom. The number of allylic oxidation sites excluding steroid dienone is 1. The first-order chi connectivity index (χ1) is 18.6. The number of amidine groups is 1. The van der Waals surface area contributed by atoms with Crippen LogP contribution in [-0.2, 0) is 17.4 Å². The number of likely N-dealkylation sites (N-methyl/N-ethyl adjacent to an activating group) is 1. The van der Waals surface area contributed by atoms with Gasteiger partial charge in [0.2, 0.25) is 0 Å². The Bertz CT molecular complexity index is 1450. The first-order valence-corrected chi connectivity index (χ1v) is 13.7. The van der Waals surface area contributed by atoms with E-state index in [-0.39, 0.29) is 28.5 Å². The summed E-state index contributed by atoms with van der Waals surface area (Å²) in [4.78, 5) is 21.6. The molecule has 3 aromatic rings. The lowest BCUT2D eigenvalue weighted by molar-refractivity contribution is -0.138. The number of H-pyrrole nitrogens is 1. The third-order valence-electron chi connectivity index (χ3n) is 6.87. The van der Waals surface area contributed by atoms with Crippen LogP contribution in [0.2, 0.25) is 5.02 Å². The summed E-state index contributed by atoms with van der Waals surface area (Å²) in [5, 5.41) is 18.6. The molecule has 39 heavy (non-hydrogen) atoms. The molecule has 1 fully saturated rings. The van der Waals surface area contributed by atoms with Crippen molar-refractivity contribution in [3.8, 4) is 0 Å². The molecule has 0 bridgehead atoms. The predicted molar refractivity (Wildman–Crippen MR) is 148 cm³/mol. The normalized spacial score (nSPS) is 18.6. The van der Waals surface area contributed by atoms with Gasteiger partial charge < -0.3 is 14.9 Å². The SMILES string of the molecule is CN(CC(O)CN1CCCC1)C1=NC(=O)C(=C(Cc2ccc(Cl)cc2C(F)(F)F)c2ccc3[nH]ncc3c2)S1. The van der Waals surface area contributed by atoms with Gasteiger partial charge in [0.1, 0.15) is 0 Å². The van der Waals surface area contributed by atoms with Gasteiger partial charge in [-0.3, -0.25) is 9.89 Å². The van der Waals surface area contributed by atoms with E-state index < -0.39 is 23.8 Å². The lowest BCUT2D eigenvalue weighted by atomic mass is 9.93. The number of halogens is 4. The summed E-state index contributed by atoms with van der Waals surface area (Å²) in [6.45, 7) is 2.72. The van der Waals surface area contributed by atoms with Gasteiger partial charge in [0, 0.05) is 30.5 Å². The molecule has 2 aliphatic rings. The van der Waals surface area contributed by atoms with Crippen LogP contribution in [0, 0.1) is 0 Å². The molecule has 1 aromatic heterocycles. The Morgan fingerprint density at radius 2 is 2.00 bits per heavy atom. The number of aliphatic hydroxyl groups excluding tert-OH is 1. The van der Waals surface area contributed by atoms with Gasteiger partial charge in [-0.1, -0.05) is 23.7 Å². The average Bonchev–Trinajstić information content (AvgIpc) is 3.63. The number of rotatable bonds is 7. The number of aliphatic imine (C=N–C) groups is 1. The molecule has 0 aliphatic carbocycles. The number of amides is 1. The van der Waals surface area contributed by atoms with Crippen molar-refractivity contribution in [3.63, 3.8) is 0 Å². The fourth-order valence-corrected chi connectivity index (χ4v) is 6.13. The second-order valence-corrected chi connectivity index (χ2v) is 11.2. The number of carbonyl (C=O) groups is 1. The summed E-state index contributed by atoms with van der Waals surface area (Å²) in [6.07, 6.45) is -1.56. The zero-order valence-corrected chi connectivity index (χ0v) is 22.7. The number of hydrogen-bond acceptors (Lipinski definition) is 6. The number of thioether (sulfide) groups is 1. The summed E-state index contributed by atoms with van der Waals surface area (Å²) < 4.78 is 41.8. The van der Waals surface area contributed by atoms with Crippen molar-refractivity contribution in [2.24, 2.45) is 4.99 Å². The standard InChI is InChI=1S/C27H27ClF3N5O2S/c1-35(14-20(37)15-36-8-2-3-9-36)26-33-25(38)24(39-26)21(16-5-7-23-18(10-16)13-32-34-23)11-17-4-6-19(28)12-22(17)27(29,30)31/h4-7,10,12-13,20,37H,2-3,8-9,11,14-15H2,1H3,(H,32,34). The van der Waals surface area contributed by atoms with Gasteiger partial charge in [-0.15, -0.1) is 0 Å². The van der Waals surface area contributed by atoms with Crippen LogP contribution in [0.5, 0.6) is 0 Å². The van der Waals surface area contributed by atoms with E-state index in [4.69, 9.17) is 11.6 Å². The molecular weight excluding hydrogens is 551 g/mol. The molecule has 0 radical (unpaired) electrons. The minimum atomic E-state index is -4.62. The van der Waals surface area contributed by atoms with Gasteiger partial charge in [-0.25, -0.2) is 0 Å². The second-order valence-electron chi connectivity index (χ2n) is 9.80. The molecular formula is C27H27ClF3N5O2S. The molecule has 3 heterocycles. The average molecular weight is 578 g/mol. The molecule has 5 rings (SSSR count). The number of aromatic nitrogens is 2. The highest BCUT2D eigenvalue weighted by molar-refractivity contribution is 8.18. The minimum absolute atomic E-state index is 0.00192. The van der Waals surface area contributed by atoms with Crippen LogP contribution >= 0.6 is 23.4 Å². The van der Waals surface area contributed by atoms with Crippen LogP contribution in [0.4, 0.5) is 13.2 Å². The van der Waals surface area contributed by atoms with E-state index in [0.717, 1.165) is 54.7 Å². The third kappa shape index (κ3) is 6.32. The van der Waals surface area contributed by atoms with Gasteiger partial charge >= 0.3 is 6.18 Å². The number of benzene rings is 2. The summed E-state index contributed by atoms with van der Waals surface area (Å²) in [5.41, 5.74) is 0.926. The van der Waals surface area contributed by atoms with Gasteiger partial charge in [0.05, 0.1) is 28.3 Å². The quantitative estimate of drug-likeness (QED) is 0.375. The van der Waals surface area contributed by atoms with E-state index in [1.54, 1.807) is 36.3 Å². The number of carbonyl (C=O) groups excluding carboxylic acids is 1. The topological polar surface area (TPSA) is 84.8 Å². The number of alkyl halides is 3. The van der Waals surface area contributed by atoms with Crippen LogP contribution in [0.25, 0.3) is 16.5 Å². The van der Waals surface area contributed by atoms with Crippen molar-refractivity contribution in [3.05, 3.63) is 69.2 Å². The molecule has 2 aromatic carbocycles. The van der Waals surface area contributed by atoms with Gasteiger partial charge in [-0.05, 0) is 85.1 Å². The van der Waals surface area contributed by atoms with Crippen LogP contribution in [0.1, 0.15) is 29.5 Å². The maximum absolute atomic E-state index is 13.9. The summed E-state index contributed by atoms with van der Waals surface area (Å²) in [6, 6.07) is 8.97. The Labute approximate surface area is 232 Å². The highest BCUT2D eigenvalue weighted by Gasteiger charge is 2.35. The van der Waals surface area contributed by atoms with Crippen molar-refractivity contribution in [2.45, 2.75) is 31.5 Å². The molecule has 1 atom stereocenters. The molecule has 1 amide bonds. The van der Waals surface area contributed by atoms with Crippen LogP contribution in [-0.4, -0.2) is 75.5 Å². The minimum Gasteiger partial charge on any atom is -0.390 e. The summed E-state index contributed by atoms with van der Waals surface area (Å²) in [5.74, 6) is -0.527. The van der Waals surface area contributed by atoms with E-state index in [1.165, 1.54) is 12.1 Å². The molecule has 206 valence electrons. The monoisotopic (exact) mass is 577 g/mol. The zero-order valence-electron chi connectivity index (χ0n) is 21.1. The lowest BCUT2D eigenvalue weighted by Gasteiger charge is -2.25. The number of likely N-dealkylation sites (tertiary alicyclic amines) is 1. The molecule has 12 heteroatoms. The van der Waals surface area contributed by atoms with Crippen LogP contribution in [0.15, 0.2) is 52.5 Å². The highest BCUT2D eigenvalue weighted by Crippen LogP contribution is 2.40. The molecule has 1 unspecified atom stereocenters. The molecule has 2 N–H and O–H groups in total. The van der Waals surface area contributed by atoms with Crippen LogP contribution in [0.3, 0.4) is 0 Å². The number of hydrogen-bond donors (Lipinski definition) is 2. The van der Waals surface area contributed by atoms with Gasteiger partial charge in [0.25, 0.3) is 5.91 Å². The number of nitrogens with one attached hydrogen (secondary N) is 1. The Hall–Kier alpha value is -2.86. The smallest absolute Gasteiger partial charge is 0.390 e. The van der Waals surface area contributed by atoms with E-state index in [9.17, 15) is 23.1 Å². The Morgan fingerprint density at radius 1 is 1.23 bits per heavy atom. The Kier molecular flexibility index (Phi) is 8.04. The van der Waals surface area contributed by atoms with Crippen molar-refractivity contribution < 1.29 is 23.1 Å². The molecule has 7 nitrogen and oxygen atoms in total. The van der Waals surface area contributed by atoms with Gasteiger partial charge in [-0.2, -0.15) is 23.3 Å². The summed E-state index contributed by atoms with van der Waals surface area (Å²) >= 11 is 7.01. The third-order valence-corrected chi connectivity index (χ3v) is 8.32. The lowest BCUT2D eigenvalue weighted by Crippen LogP contribution is -2.39. The number of fused-ring (bicyclic) bond motifs is 1. The molecule has 1 saturated heterocycles. The zero-order chi connectivity index (χ0) is 27.7. The van der Waals surface area contributed by atoms with E-state index in [2.05, 4.69) is 20.1 Å². The fraction of sp³-hybridized carbons (Fsp3) is 0.370. The highest BCUT2D eigenvalue weighted by atomic mass is 35.5.